The van der Waals surface area contributed by atoms with Crippen molar-refractivity contribution in [3.8, 4) is 0 Å². The first-order valence-corrected chi connectivity index (χ1v) is 5.88. The number of halogens is 1. The maximum atomic E-state index is 13.3. The Bertz CT molecular complexity index is 480. The standard InChI is InChI=1S/C13H14FNO2/c1-17-15-11-8-9(14)4-5-10(11)13(12(15)16)6-2-3-7-13/h4-5,8H,2-3,6-7H2,1H3. The molecule has 17 heavy (non-hydrogen) atoms. The second-order valence-electron chi connectivity index (χ2n) is 4.73. The molecule has 0 radical (unpaired) electrons. The maximum absolute atomic E-state index is 13.3. The van der Waals surface area contributed by atoms with Crippen LogP contribution in [0.3, 0.4) is 0 Å². The zero-order valence-corrected chi connectivity index (χ0v) is 9.70. The van der Waals surface area contributed by atoms with Gasteiger partial charge in [-0.3, -0.25) is 9.63 Å². The van der Waals surface area contributed by atoms with Crippen molar-refractivity contribution in [2.24, 2.45) is 0 Å². The van der Waals surface area contributed by atoms with Gasteiger partial charge in [-0.2, -0.15) is 5.06 Å². The molecule has 1 aromatic rings. The molecule has 4 heteroatoms. The van der Waals surface area contributed by atoms with Crippen LogP contribution in [0.5, 0.6) is 0 Å². The van der Waals surface area contributed by atoms with Crippen molar-refractivity contribution in [3.63, 3.8) is 0 Å². The first kappa shape index (κ1) is 10.7. The second-order valence-corrected chi connectivity index (χ2v) is 4.73. The van der Waals surface area contributed by atoms with E-state index in [4.69, 9.17) is 4.84 Å². The largest absolute Gasteiger partial charge is 0.271 e. The average molecular weight is 235 g/mol. The third kappa shape index (κ3) is 1.27. The molecule has 2 aliphatic rings. The molecular formula is C13H14FNO2. The van der Waals surface area contributed by atoms with Gasteiger partial charge >= 0.3 is 0 Å². The fourth-order valence-electron chi connectivity index (χ4n) is 3.14. The highest BCUT2D eigenvalue weighted by molar-refractivity contribution is 6.06. The number of nitrogens with zero attached hydrogens (tertiary/aromatic N) is 1. The van der Waals surface area contributed by atoms with Gasteiger partial charge in [-0.05, 0) is 24.5 Å². The molecule has 0 bridgehead atoms. The molecule has 0 N–H and O–H groups in total. The first-order chi connectivity index (χ1) is 8.19. The lowest BCUT2D eigenvalue weighted by Gasteiger charge is -2.21. The van der Waals surface area contributed by atoms with Crippen molar-refractivity contribution in [2.45, 2.75) is 31.1 Å². The zero-order valence-electron chi connectivity index (χ0n) is 9.70. The van der Waals surface area contributed by atoms with E-state index in [1.165, 1.54) is 24.3 Å². The van der Waals surface area contributed by atoms with Gasteiger partial charge in [0.1, 0.15) is 5.82 Å². The number of hydrogen-bond acceptors (Lipinski definition) is 2. The van der Waals surface area contributed by atoms with Crippen molar-refractivity contribution in [3.05, 3.63) is 29.6 Å². The molecule has 0 atom stereocenters. The van der Waals surface area contributed by atoms with Crippen molar-refractivity contribution >= 4 is 11.6 Å². The van der Waals surface area contributed by atoms with Gasteiger partial charge < -0.3 is 0 Å². The molecule has 3 rings (SSSR count). The van der Waals surface area contributed by atoms with E-state index in [1.807, 2.05) is 0 Å². The van der Waals surface area contributed by atoms with E-state index in [-0.39, 0.29) is 11.7 Å². The summed E-state index contributed by atoms with van der Waals surface area (Å²) in [6.45, 7) is 0. The summed E-state index contributed by atoms with van der Waals surface area (Å²) in [6, 6.07) is 4.53. The maximum Gasteiger partial charge on any atom is 0.261 e. The Labute approximate surface area is 99.1 Å². The summed E-state index contributed by atoms with van der Waals surface area (Å²) in [5, 5.41) is 1.24. The van der Waals surface area contributed by atoms with E-state index in [0.29, 0.717) is 5.69 Å². The number of carbonyl (C=O) groups is 1. The van der Waals surface area contributed by atoms with Gasteiger partial charge in [-0.1, -0.05) is 18.9 Å². The van der Waals surface area contributed by atoms with Crippen LogP contribution in [0.15, 0.2) is 18.2 Å². The van der Waals surface area contributed by atoms with Crippen LogP contribution in [0.1, 0.15) is 31.2 Å². The number of hydroxylamine groups is 1. The van der Waals surface area contributed by atoms with Gasteiger partial charge in [0.25, 0.3) is 5.91 Å². The monoisotopic (exact) mass is 235 g/mol. The summed E-state index contributed by atoms with van der Waals surface area (Å²) in [5.41, 5.74) is 1.03. The fourth-order valence-corrected chi connectivity index (χ4v) is 3.14. The lowest BCUT2D eigenvalue weighted by Crippen LogP contribution is -2.37. The highest BCUT2D eigenvalue weighted by Crippen LogP contribution is 2.51. The molecule has 0 aromatic heterocycles. The molecule has 1 aromatic carbocycles. The molecule has 90 valence electrons. The summed E-state index contributed by atoms with van der Waals surface area (Å²) in [4.78, 5) is 17.5. The summed E-state index contributed by atoms with van der Waals surface area (Å²) in [6.07, 6.45) is 3.76. The zero-order chi connectivity index (χ0) is 12.0. The van der Waals surface area contributed by atoms with Crippen LogP contribution in [0.2, 0.25) is 0 Å². The Hall–Kier alpha value is -1.42. The minimum atomic E-state index is -0.459. The topological polar surface area (TPSA) is 29.5 Å². The van der Waals surface area contributed by atoms with Crippen molar-refractivity contribution in [1.29, 1.82) is 0 Å². The molecule has 1 aliphatic heterocycles. The number of rotatable bonds is 1. The number of benzene rings is 1. The molecule has 1 saturated carbocycles. The van der Waals surface area contributed by atoms with Gasteiger partial charge in [-0.25, -0.2) is 4.39 Å². The van der Waals surface area contributed by atoms with E-state index in [1.54, 1.807) is 6.07 Å². The molecule has 1 spiro atoms. The summed E-state index contributed by atoms with van der Waals surface area (Å²) in [7, 11) is 1.44. The van der Waals surface area contributed by atoms with Gasteiger partial charge in [-0.15, -0.1) is 0 Å². The Morgan fingerprint density at radius 3 is 2.71 bits per heavy atom. The van der Waals surface area contributed by atoms with E-state index >= 15 is 0 Å². The molecule has 0 saturated heterocycles. The minimum absolute atomic E-state index is 0.0434. The predicted octanol–water partition coefficient (Wildman–Crippen LogP) is 2.55. The second kappa shape index (κ2) is 3.53. The van der Waals surface area contributed by atoms with Crippen molar-refractivity contribution < 1.29 is 14.0 Å². The van der Waals surface area contributed by atoms with E-state index in [9.17, 15) is 9.18 Å². The van der Waals surface area contributed by atoms with Crippen LogP contribution >= 0.6 is 0 Å². The van der Waals surface area contributed by atoms with Crippen LogP contribution in [-0.4, -0.2) is 13.0 Å². The molecule has 3 nitrogen and oxygen atoms in total. The van der Waals surface area contributed by atoms with Crippen LogP contribution in [0.25, 0.3) is 0 Å². The Kier molecular flexibility index (Phi) is 2.23. The van der Waals surface area contributed by atoms with E-state index < -0.39 is 5.41 Å². The molecule has 0 unspecified atom stereocenters. The van der Waals surface area contributed by atoms with Crippen LogP contribution in [0.4, 0.5) is 10.1 Å². The number of fused-ring (bicyclic) bond motifs is 2. The van der Waals surface area contributed by atoms with Crippen molar-refractivity contribution in [2.75, 3.05) is 12.2 Å². The van der Waals surface area contributed by atoms with Gasteiger partial charge in [0, 0.05) is 6.07 Å². The van der Waals surface area contributed by atoms with Gasteiger partial charge in [0.05, 0.1) is 18.2 Å². The van der Waals surface area contributed by atoms with Crippen LogP contribution in [-0.2, 0) is 15.0 Å². The lowest BCUT2D eigenvalue weighted by atomic mass is 9.80. The predicted molar refractivity (Wildman–Crippen MR) is 61.0 cm³/mol. The fraction of sp³-hybridized carbons (Fsp3) is 0.462. The summed E-state index contributed by atoms with van der Waals surface area (Å²) in [5.74, 6) is -0.383. The van der Waals surface area contributed by atoms with Gasteiger partial charge in [0.15, 0.2) is 0 Å². The molecule has 1 heterocycles. The minimum Gasteiger partial charge on any atom is -0.271 e. The normalized spacial score (nSPS) is 21.3. The smallest absolute Gasteiger partial charge is 0.261 e. The van der Waals surface area contributed by atoms with Crippen molar-refractivity contribution in [1.82, 2.24) is 0 Å². The van der Waals surface area contributed by atoms with Gasteiger partial charge in [0.2, 0.25) is 0 Å². The summed E-state index contributed by atoms with van der Waals surface area (Å²) < 4.78 is 13.3. The highest BCUT2D eigenvalue weighted by Gasteiger charge is 2.52. The third-order valence-corrected chi connectivity index (χ3v) is 3.93. The van der Waals surface area contributed by atoms with Crippen LogP contribution in [0, 0.1) is 5.82 Å². The first-order valence-electron chi connectivity index (χ1n) is 5.88. The Morgan fingerprint density at radius 2 is 2.06 bits per heavy atom. The number of amides is 1. The Morgan fingerprint density at radius 1 is 1.35 bits per heavy atom. The Balaban J connectivity index is 2.20. The van der Waals surface area contributed by atoms with E-state index in [0.717, 1.165) is 31.2 Å². The molecule has 1 aliphatic carbocycles. The van der Waals surface area contributed by atoms with E-state index in [2.05, 4.69) is 0 Å². The lowest BCUT2D eigenvalue weighted by molar-refractivity contribution is -0.128. The number of anilines is 1. The van der Waals surface area contributed by atoms with Crippen LogP contribution < -0.4 is 5.06 Å². The number of carbonyl (C=O) groups excluding carboxylic acids is 1. The quantitative estimate of drug-likeness (QED) is 0.748. The summed E-state index contributed by atoms with van der Waals surface area (Å²) >= 11 is 0. The molecule has 1 fully saturated rings. The molecular weight excluding hydrogens is 221 g/mol. The number of hydrogen-bond donors (Lipinski definition) is 0. The highest BCUT2D eigenvalue weighted by atomic mass is 19.1. The average Bonchev–Trinajstić information content (AvgIpc) is 2.87. The third-order valence-electron chi connectivity index (χ3n) is 3.93. The SMILES string of the molecule is CON1C(=O)C2(CCCC2)c2ccc(F)cc21. The molecule has 1 amide bonds.